The molecule has 3 aromatic carbocycles. The Morgan fingerprint density at radius 2 is 1.66 bits per heavy atom. The number of hydrogen-bond acceptors (Lipinski definition) is 1. The Morgan fingerprint density at radius 1 is 0.915 bits per heavy atom. The number of hydrogen-bond donors (Lipinski definition) is 0. The van der Waals surface area contributed by atoms with Gasteiger partial charge in [0.25, 0.3) is 0 Å². The molecule has 3 unspecified atom stereocenters. The predicted octanol–water partition coefficient (Wildman–Crippen LogP) is 11.5. The van der Waals surface area contributed by atoms with E-state index < -0.39 is 81.8 Å². The van der Waals surface area contributed by atoms with Crippen LogP contribution in [0.15, 0.2) is 83.3 Å². The number of alkyl halides is 2. The topological polar surface area (TPSA) is 9.23 Å². The summed E-state index contributed by atoms with van der Waals surface area (Å²) in [5.41, 5.74) is -0.114. The highest BCUT2D eigenvalue weighted by atomic mass is 19.3. The maximum Gasteiger partial charge on any atom is 0.432 e. The summed E-state index contributed by atoms with van der Waals surface area (Å²) in [6.07, 6.45) is -0.188. The summed E-state index contributed by atoms with van der Waals surface area (Å²) in [5, 5.41) is -0.748. The Labute approximate surface area is 266 Å². The molecule has 47 heavy (non-hydrogen) atoms. The van der Waals surface area contributed by atoms with E-state index in [0.717, 1.165) is 42.7 Å². The fraction of sp³-hybridized carbons (Fsp3) is 0.297. The average molecular weight is 661 g/mol. The number of aryl methyl sites for hydroxylation is 1. The molecular formula is C37H29F9O. The molecule has 0 spiro atoms. The lowest BCUT2D eigenvalue weighted by atomic mass is 9.83. The Kier molecular flexibility index (Phi) is 9.67. The molecule has 0 N–H and O–H groups in total. The molecule has 0 radical (unpaired) electrons. The van der Waals surface area contributed by atoms with Crippen LogP contribution in [0.2, 0.25) is 0 Å². The van der Waals surface area contributed by atoms with Gasteiger partial charge in [-0.1, -0.05) is 44.3 Å². The highest BCUT2D eigenvalue weighted by molar-refractivity contribution is 5.84. The van der Waals surface area contributed by atoms with Crippen LogP contribution in [-0.4, -0.2) is 6.11 Å². The minimum atomic E-state index is -4.57. The van der Waals surface area contributed by atoms with Crippen LogP contribution in [-0.2, 0) is 0 Å². The molecule has 0 saturated carbocycles. The molecule has 3 atom stereocenters. The molecule has 0 saturated heterocycles. The standard InChI is InChI=1S/C37H29F9O/c1-4-5-19(2)22-12-20(3)26(30(39)15-22)9-6-21-7-10-27(29(38)13-21)24-16-31(40)34(32(41)17-24)37(45,46)47-25-8-11-28-23(14-25)18-33(42)36(44)35(28)43/h8,10-16,18-19,21,24H,4-5,7,17H2,1-3H3. The zero-order valence-corrected chi connectivity index (χ0v) is 25.6. The molecule has 0 fully saturated rings. The van der Waals surface area contributed by atoms with Gasteiger partial charge in [0, 0.05) is 23.6 Å². The number of benzene rings is 3. The van der Waals surface area contributed by atoms with E-state index in [-0.39, 0.29) is 28.9 Å². The van der Waals surface area contributed by atoms with E-state index in [4.69, 9.17) is 0 Å². The molecule has 2 aliphatic carbocycles. The Morgan fingerprint density at radius 3 is 2.32 bits per heavy atom. The van der Waals surface area contributed by atoms with E-state index in [2.05, 4.69) is 16.6 Å². The van der Waals surface area contributed by atoms with Crippen molar-refractivity contribution >= 4 is 10.8 Å². The summed E-state index contributed by atoms with van der Waals surface area (Å²) >= 11 is 0. The summed E-state index contributed by atoms with van der Waals surface area (Å²) in [7, 11) is 0. The predicted molar refractivity (Wildman–Crippen MR) is 162 cm³/mol. The van der Waals surface area contributed by atoms with Crippen molar-refractivity contribution in [2.75, 3.05) is 0 Å². The molecule has 2 aliphatic rings. The van der Waals surface area contributed by atoms with Crippen molar-refractivity contribution in [1.82, 2.24) is 0 Å². The van der Waals surface area contributed by atoms with Crippen molar-refractivity contribution in [2.24, 2.45) is 11.8 Å². The van der Waals surface area contributed by atoms with Crippen molar-refractivity contribution in [3.8, 4) is 17.6 Å². The Bertz CT molecular complexity index is 1900. The van der Waals surface area contributed by atoms with Crippen LogP contribution in [0.5, 0.6) is 5.75 Å². The summed E-state index contributed by atoms with van der Waals surface area (Å²) in [4.78, 5) is 0. The van der Waals surface area contributed by atoms with Crippen molar-refractivity contribution in [1.29, 1.82) is 0 Å². The molecule has 3 aromatic rings. The average Bonchev–Trinajstić information content (AvgIpc) is 2.98. The van der Waals surface area contributed by atoms with Gasteiger partial charge in [-0.25, -0.2) is 30.7 Å². The van der Waals surface area contributed by atoms with Gasteiger partial charge in [0.2, 0.25) is 0 Å². The minimum Gasteiger partial charge on any atom is -0.429 e. The van der Waals surface area contributed by atoms with E-state index in [1.54, 1.807) is 6.92 Å². The van der Waals surface area contributed by atoms with E-state index in [0.29, 0.717) is 17.7 Å². The maximum atomic E-state index is 15.2. The first-order chi connectivity index (χ1) is 22.2. The highest BCUT2D eigenvalue weighted by Gasteiger charge is 2.45. The van der Waals surface area contributed by atoms with Crippen LogP contribution >= 0.6 is 0 Å². The molecule has 0 bridgehead atoms. The molecule has 0 heterocycles. The van der Waals surface area contributed by atoms with Gasteiger partial charge in [-0.2, -0.15) is 8.78 Å². The van der Waals surface area contributed by atoms with Crippen LogP contribution in [0, 0.1) is 53.9 Å². The quantitative estimate of drug-likeness (QED) is 0.139. The first-order valence-corrected chi connectivity index (χ1v) is 15.0. The van der Waals surface area contributed by atoms with Gasteiger partial charge in [0.15, 0.2) is 17.5 Å². The van der Waals surface area contributed by atoms with Gasteiger partial charge in [-0.05, 0) is 90.3 Å². The van der Waals surface area contributed by atoms with E-state index in [1.165, 1.54) is 12.1 Å². The fourth-order valence-electron chi connectivity index (χ4n) is 5.89. The number of ether oxygens (including phenoxy) is 1. The molecule has 0 amide bonds. The Balaban J connectivity index is 1.30. The van der Waals surface area contributed by atoms with Gasteiger partial charge in [0.1, 0.15) is 34.6 Å². The molecule has 246 valence electrons. The molecule has 5 rings (SSSR count). The lowest BCUT2D eigenvalue weighted by molar-refractivity contribution is -0.143. The second-order valence-corrected chi connectivity index (χ2v) is 11.8. The monoisotopic (exact) mass is 660 g/mol. The lowest BCUT2D eigenvalue weighted by Gasteiger charge is -2.27. The largest absolute Gasteiger partial charge is 0.432 e. The zero-order valence-electron chi connectivity index (χ0n) is 25.6. The highest BCUT2D eigenvalue weighted by Crippen LogP contribution is 2.45. The summed E-state index contributed by atoms with van der Waals surface area (Å²) in [6, 6.07) is 6.33. The number of allylic oxidation sites excluding steroid dienone is 6. The smallest absolute Gasteiger partial charge is 0.429 e. The molecule has 0 aromatic heterocycles. The normalized spacial score (nSPS) is 19.1. The third-order valence-corrected chi connectivity index (χ3v) is 8.34. The summed E-state index contributed by atoms with van der Waals surface area (Å²) in [6.45, 7) is 5.81. The summed E-state index contributed by atoms with van der Waals surface area (Å²) in [5.74, 6) is -6.25. The Hall–Kier alpha value is -4.39. The molecule has 1 nitrogen and oxygen atoms in total. The van der Waals surface area contributed by atoms with Crippen LogP contribution in [0.3, 0.4) is 0 Å². The maximum absolute atomic E-state index is 15.2. The fourth-order valence-corrected chi connectivity index (χ4v) is 5.89. The summed E-state index contributed by atoms with van der Waals surface area (Å²) < 4.78 is 136. The van der Waals surface area contributed by atoms with Gasteiger partial charge in [-0.15, -0.1) is 0 Å². The number of fused-ring (bicyclic) bond motifs is 1. The van der Waals surface area contributed by atoms with E-state index in [1.807, 2.05) is 19.9 Å². The van der Waals surface area contributed by atoms with Crippen molar-refractivity contribution < 1.29 is 44.3 Å². The lowest BCUT2D eigenvalue weighted by Crippen LogP contribution is -2.30. The van der Waals surface area contributed by atoms with Crippen LogP contribution in [0.4, 0.5) is 39.5 Å². The number of rotatable bonds is 7. The van der Waals surface area contributed by atoms with Crippen molar-refractivity contribution in [2.45, 2.75) is 58.5 Å². The van der Waals surface area contributed by atoms with Gasteiger partial charge < -0.3 is 4.74 Å². The van der Waals surface area contributed by atoms with Gasteiger partial charge >= 0.3 is 6.11 Å². The third kappa shape index (κ3) is 6.99. The van der Waals surface area contributed by atoms with Gasteiger partial charge in [-0.3, -0.25) is 0 Å². The second-order valence-electron chi connectivity index (χ2n) is 11.8. The first kappa shape index (κ1) is 34.0. The van der Waals surface area contributed by atoms with E-state index in [9.17, 15) is 17.6 Å². The second kappa shape index (κ2) is 13.4. The van der Waals surface area contributed by atoms with Gasteiger partial charge in [0.05, 0.1) is 5.56 Å². The van der Waals surface area contributed by atoms with E-state index >= 15 is 22.0 Å². The molecule has 10 heteroatoms. The molecular weight excluding hydrogens is 631 g/mol. The van der Waals surface area contributed by atoms with Crippen molar-refractivity contribution in [3.05, 3.63) is 123 Å². The third-order valence-electron chi connectivity index (χ3n) is 8.34. The van der Waals surface area contributed by atoms with Crippen LogP contribution in [0.1, 0.15) is 62.1 Å². The molecule has 0 aliphatic heterocycles. The minimum absolute atomic E-state index is 0.112. The van der Waals surface area contributed by atoms with Crippen molar-refractivity contribution in [3.63, 3.8) is 0 Å². The van der Waals surface area contributed by atoms with Crippen LogP contribution in [0.25, 0.3) is 10.8 Å². The van der Waals surface area contributed by atoms with Crippen LogP contribution < -0.4 is 4.74 Å². The first-order valence-electron chi connectivity index (χ1n) is 15.0. The number of halogens is 9. The SMILES string of the molecule is CCCC(C)c1cc(C)c(C#CC2C=C(F)C(C3C=C(F)C(C(F)(F)Oc4ccc5c(F)c(F)c(F)cc5c4)=C(F)C3)=CC2)c(F)c1. The zero-order chi connectivity index (χ0) is 34.2.